The molecule has 1 fully saturated rings. The van der Waals surface area contributed by atoms with Crippen LogP contribution in [0, 0.1) is 17.0 Å². The number of nitrogens with zero attached hydrogens (tertiary/aromatic N) is 1. The van der Waals surface area contributed by atoms with Gasteiger partial charge >= 0.3 is 0 Å². The zero-order valence-electron chi connectivity index (χ0n) is 20.6. The fourth-order valence-electron chi connectivity index (χ4n) is 6.75. The molecule has 1 saturated heterocycles. The van der Waals surface area contributed by atoms with Gasteiger partial charge in [0.1, 0.15) is 23.1 Å². The van der Waals surface area contributed by atoms with Gasteiger partial charge < -0.3 is 4.90 Å². The number of carbonyl (C=O) groups excluding carboxylic acids is 3. The number of carbonyl (C=O) groups is 3. The van der Waals surface area contributed by atoms with Crippen molar-refractivity contribution in [1.82, 2.24) is 0 Å². The fourth-order valence-corrected chi connectivity index (χ4v) is 6.75. The second-order valence-electron chi connectivity index (χ2n) is 10.2. The lowest BCUT2D eigenvalue weighted by molar-refractivity contribution is 0.0666. The van der Waals surface area contributed by atoms with Crippen molar-refractivity contribution in [2.24, 2.45) is 5.41 Å². The number of fused-ring (bicyclic) bond motifs is 5. The molecule has 0 radical (unpaired) electrons. The van der Waals surface area contributed by atoms with E-state index >= 15 is 0 Å². The van der Waals surface area contributed by atoms with E-state index in [2.05, 4.69) is 0 Å². The lowest BCUT2D eigenvalue weighted by atomic mass is 9.64. The van der Waals surface area contributed by atoms with Gasteiger partial charge in [-0.25, -0.2) is 8.78 Å². The Morgan fingerprint density at radius 3 is 1.92 bits per heavy atom. The summed E-state index contributed by atoms with van der Waals surface area (Å²) in [4.78, 5) is 45.3. The minimum atomic E-state index is -1.66. The van der Waals surface area contributed by atoms with Crippen molar-refractivity contribution in [2.45, 2.75) is 18.0 Å². The van der Waals surface area contributed by atoms with Crippen molar-refractivity contribution in [3.8, 4) is 0 Å². The highest BCUT2D eigenvalue weighted by molar-refractivity contribution is 6.32. The van der Waals surface area contributed by atoms with Gasteiger partial charge in [-0.05, 0) is 53.6 Å². The van der Waals surface area contributed by atoms with Crippen molar-refractivity contribution in [3.63, 3.8) is 0 Å². The minimum absolute atomic E-state index is 0.256. The normalized spacial score (nSPS) is 22.1. The quantitative estimate of drug-likeness (QED) is 0.237. The second-order valence-corrected chi connectivity index (χ2v) is 10.2. The number of Topliss-reactive ketones (excluding diaryl/α,β-unsaturated/α-hetero) is 3. The Bertz CT molecular complexity index is 1670. The number of hydrogen-bond acceptors (Lipinski definition) is 4. The molecule has 4 aromatic carbocycles. The molecule has 1 spiro atoms. The van der Waals surface area contributed by atoms with Crippen LogP contribution in [0.25, 0.3) is 6.08 Å². The predicted octanol–water partition coefficient (Wildman–Crippen LogP) is 6.28. The predicted molar refractivity (Wildman–Crippen MR) is 143 cm³/mol. The second kappa shape index (κ2) is 8.40. The lowest BCUT2D eigenvalue weighted by Crippen LogP contribution is -2.48. The van der Waals surface area contributed by atoms with Crippen LogP contribution in [-0.2, 0) is 0 Å². The lowest BCUT2D eigenvalue weighted by Gasteiger charge is -2.37. The molecule has 1 aliphatic carbocycles. The zero-order chi connectivity index (χ0) is 26.9. The van der Waals surface area contributed by atoms with Crippen LogP contribution in [0.2, 0.25) is 0 Å². The maximum absolute atomic E-state index is 14.5. The Labute approximate surface area is 223 Å². The van der Waals surface area contributed by atoms with E-state index in [0.29, 0.717) is 22.4 Å². The van der Waals surface area contributed by atoms with Gasteiger partial charge in [0.15, 0.2) is 17.3 Å². The first-order valence-corrected chi connectivity index (χ1v) is 12.7. The first-order valence-electron chi connectivity index (χ1n) is 12.7. The molecule has 3 aliphatic rings. The molecule has 190 valence electrons. The monoisotopic (exact) mass is 517 g/mol. The number of rotatable bonds is 3. The number of anilines is 1. The van der Waals surface area contributed by atoms with E-state index in [-0.39, 0.29) is 22.9 Å². The van der Waals surface area contributed by atoms with Gasteiger partial charge in [0, 0.05) is 28.3 Å². The first-order chi connectivity index (χ1) is 18.9. The maximum atomic E-state index is 14.5. The van der Waals surface area contributed by atoms with E-state index in [0.717, 1.165) is 5.56 Å². The van der Waals surface area contributed by atoms with E-state index in [1.807, 2.05) is 41.3 Å². The van der Waals surface area contributed by atoms with Crippen LogP contribution < -0.4 is 4.90 Å². The summed E-state index contributed by atoms with van der Waals surface area (Å²) in [6.07, 6.45) is 3.72. The number of para-hydroxylation sites is 1. The molecule has 0 N–H and O–H groups in total. The van der Waals surface area contributed by atoms with Crippen LogP contribution in [0.4, 0.5) is 14.5 Å². The Hall–Kier alpha value is -4.71. The highest BCUT2D eigenvalue weighted by Crippen LogP contribution is 2.60. The minimum Gasteiger partial charge on any atom is -0.352 e. The van der Waals surface area contributed by atoms with E-state index in [1.165, 1.54) is 36.4 Å². The molecule has 4 nitrogen and oxygen atoms in total. The van der Waals surface area contributed by atoms with Crippen LogP contribution in [0.1, 0.15) is 48.1 Å². The van der Waals surface area contributed by atoms with Crippen LogP contribution in [-0.4, -0.2) is 29.4 Å². The maximum Gasteiger partial charge on any atom is 0.185 e. The van der Waals surface area contributed by atoms with Crippen molar-refractivity contribution < 1.29 is 23.2 Å². The van der Waals surface area contributed by atoms with E-state index in [1.54, 1.807) is 36.4 Å². The third-order valence-corrected chi connectivity index (χ3v) is 8.34. The average Bonchev–Trinajstić information content (AvgIpc) is 3.40. The molecule has 0 saturated carbocycles. The standard InChI is InChI=1S/C33H21F2NO3/c34-22-14-9-20(10-15-22)28-29(30(37)21-11-16-23(35)17-12-21)36-26-8-4-1-5-19(26)13-18-27(36)33(28)31(38)24-6-2-3-7-25(24)32(33)39/h1-18,27-29H/t27?,28-,29+/m1/s1. The Morgan fingerprint density at radius 1 is 0.718 bits per heavy atom. The smallest absolute Gasteiger partial charge is 0.185 e. The SMILES string of the molecule is O=C(c1ccc(F)cc1)[C@@H]1[C@@H](c2ccc(F)cc2)C2(C(=O)c3ccccc3C2=O)C2C=Cc3ccccc3N21. The molecule has 0 aromatic heterocycles. The van der Waals surface area contributed by atoms with Gasteiger partial charge in [-0.2, -0.15) is 0 Å². The molecule has 2 aliphatic heterocycles. The van der Waals surface area contributed by atoms with Crippen LogP contribution in [0.5, 0.6) is 0 Å². The van der Waals surface area contributed by atoms with Gasteiger partial charge in [-0.1, -0.05) is 66.7 Å². The molecular weight excluding hydrogens is 496 g/mol. The molecule has 0 amide bonds. The summed E-state index contributed by atoms with van der Waals surface area (Å²) in [5.74, 6) is -2.96. The summed E-state index contributed by atoms with van der Waals surface area (Å²) < 4.78 is 27.9. The molecule has 39 heavy (non-hydrogen) atoms. The number of halogens is 2. The Morgan fingerprint density at radius 2 is 1.28 bits per heavy atom. The highest BCUT2D eigenvalue weighted by atomic mass is 19.1. The van der Waals surface area contributed by atoms with Crippen LogP contribution >= 0.6 is 0 Å². The van der Waals surface area contributed by atoms with Gasteiger partial charge in [-0.15, -0.1) is 0 Å². The summed E-state index contributed by atoms with van der Waals surface area (Å²) in [5.41, 5.74) is 1.29. The average molecular weight is 518 g/mol. The Kier molecular flexibility index (Phi) is 5.04. The zero-order valence-corrected chi connectivity index (χ0v) is 20.6. The van der Waals surface area contributed by atoms with Crippen molar-refractivity contribution >= 4 is 29.1 Å². The van der Waals surface area contributed by atoms with E-state index in [4.69, 9.17) is 0 Å². The summed E-state index contributed by atoms with van der Waals surface area (Å²) in [6.45, 7) is 0. The first kappa shape index (κ1) is 23.4. The molecule has 3 atom stereocenters. The number of ketones is 3. The van der Waals surface area contributed by atoms with Gasteiger partial charge in [0.2, 0.25) is 0 Å². The molecule has 6 heteroatoms. The van der Waals surface area contributed by atoms with E-state index in [9.17, 15) is 23.2 Å². The van der Waals surface area contributed by atoms with Gasteiger partial charge in [0.05, 0.1) is 6.04 Å². The summed E-state index contributed by atoms with van der Waals surface area (Å²) in [6, 6.07) is 23.4. The van der Waals surface area contributed by atoms with Crippen molar-refractivity contribution in [3.05, 3.63) is 143 Å². The molecule has 0 bridgehead atoms. The molecule has 4 aromatic rings. The van der Waals surface area contributed by atoms with Gasteiger partial charge in [-0.3, -0.25) is 14.4 Å². The molecular formula is C33H21F2NO3. The largest absolute Gasteiger partial charge is 0.352 e. The third-order valence-electron chi connectivity index (χ3n) is 8.34. The summed E-state index contributed by atoms with van der Waals surface area (Å²) in [7, 11) is 0. The molecule has 1 unspecified atom stereocenters. The molecule has 7 rings (SSSR count). The Balaban J connectivity index is 1.54. The number of benzene rings is 4. The van der Waals surface area contributed by atoms with E-state index < -0.39 is 35.1 Å². The highest BCUT2D eigenvalue weighted by Gasteiger charge is 2.71. The van der Waals surface area contributed by atoms with Crippen LogP contribution in [0.3, 0.4) is 0 Å². The summed E-state index contributed by atoms with van der Waals surface area (Å²) >= 11 is 0. The third kappa shape index (κ3) is 3.12. The van der Waals surface area contributed by atoms with Crippen molar-refractivity contribution in [2.75, 3.05) is 4.90 Å². The number of hydrogen-bond donors (Lipinski definition) is 0. The van der Waals surface area contributed by atoms with Gasteiger partial charge in [0.25, 0.3) is 0 Å². The summed E-state index contributed by atoms with van der Waals surface area (Å²) in [5, 5.41) is 0. The van der Waals surface area contributed by atoms with Crippen molar-refractivity contribution in [1.29, 1.82) is 0 Å². The van der Waals surface area contributed by atoms with Crippen LogP contribution in [0.15, 0.2) is 103 Å². The molecule has 2 heterocycles. The topological polar surface area (TPSA) is 54.5 Å². The fraction of sp³-hybridized carbons (Fsp3) is 0.121.